The van der Waals surface area contributed by atoms with Crippen LogP contribution in [0.25, 0.3) is 22.2 Å². The number of carbonyl (C=O) groups is 2. The third-order valence-corrected chi connectivity index (χ3v) is 5.22. The van der Waals surface area contributed by atoms with E-state index in [1.807, 2.05) is 24.4 Å². The molecule has 3 rings (SSSR count). The number of aliphatic carboxylic acids is 2. The maximum absolute atomic E-state index is 10.9. The smallest absolute Gasteiger partial charge is 0.303 e. The average molecular weight is 394 g/mol. The number of aromatic nitrogens is 2. The molecule has 2 aromatic heterocycles. The summed E-state index contributed by atoms with van der Waals surface area (Å²) in [5.74, 6) is -1.55. The lowest BCUT2D eigenvalue weighted by atomic mass is 10.0. The van der Waals surface area contributed by atoms with Crippen LogP contribution in [0.5, 0.6) is 0 Å². The largest absolute Gasteiger partial charge is 0.481 e. The summed E-state index contributed by atoms with van der Waals surface area (Å²) in [6.07, 6.45) is 6.86. The van der Waals surface area contributed by atoms with Crippen molar-refractivity contribution in [3.63, 3.8) is 0 Å². The Morgan fingerprint density at radius 2 is 1.83 bits per heavy atom. The normalized spacial score (nSPS) is 11.1. The number of carboxylic acids is 2. The van der Waals surface area contributed by atoms with Gasteiger partial charge in [-0.15, -0.1) is 0 Å². The van der Waals surface area contributed by atoms with Gasteiger partial charge in [0.15, 0.2) is 0 Å². The molecule has 0 amide bonds. The first-order valence-corrected chi connectivity index (χ1v) is 9.93. The van der Waals surface area contributed by atoms with E-state index < -0.39 is 11.9 Å². The lowest BCUT2D eigenvalue weighted by Crippen LogP contribution is -2.02. The molecule has 2 heterocycles. The molecule has 152 valence electrons. The maximum Gasteiger partial charge on any atom is 0.303 e. The van der Waals surface area contributed by atoms with Crippen molar-refractivity contribution in [2.75, 3.05) is 0 Å². The minimum Gasteiger partial charge on any atom is -0.481 e. The molecule has 0 saturated heterocycles. The van der Waals surface area contributed by atoms with Gasteiger partial charge in [-0.2, -0.15) is 0 Å². The predicted molar refractivity (Wildman–Crippen MR) is 112 cm³/mol. The third kappa shape index (κ3) is 5.02. The number of hydrogen-bond acceptors (Lipinski definition) is 3. The van der Waals surface area contributed by atoms with Gasteiger partial charge in [-0.1, -0.05) is 12.5 Å². The molecule has 0 aliphatic carbocycles. The van der Waals surface area contributed by atoms with E-state index in [-0.39, 0.29) is 12.8 Å². The van der Waals surface area contributed by atoms with Crippen molar-refractivity contribution in [3.05, 3.63) is 53.9 Å². The van der Waals surface area contributed by atoms with Crippen molar-refractivity contribution >= 4 is 22.8 Å². The Hall–Kier alpha value is -3.15. The number of aryl methyl sites for hydroxylation is 3. The molecule has 0 spiro atoms. The highest BCUT2D eigenvalue weighted by molar-refractivity contribution is 5.92. The summed E-state index contributed by atoms with van der Waals surface area (Å²) in [5, 5.41) is 18.9. The highest BCUT2D eigenvalue weighted by atomic mass is 16.4. The molecular formula is C23H26N2O4. The van der Waals surface area contributed by atoms with Crippen LogP contribution in [-0.2, 0) is 22.6 Å². The fraction of sp³-hybridized carbons (Fsp3) is 0.348. The Balaban J connectivity index is 1.94. The van der Waals surface area contributed by atoms with Crippen LogP contribution < -0.4 is 0 Å². The van der Waals surface area contributed by atoms with E-state index in [0.717, 1.165) is 52.7 Å². The van der Waals surface area contributed by atoms with Gasteiger partial charge in [0.1, 0.15) is 0 Å². The van der Waals surface area contributed by atoms with Crippen LogP contribution in [0.2, 0.25) is 0 Å². The second kappa shape index (κ2) is 9.37. The molecule has 0 fully saturated rings. The number of fused-ring (bicyclic) bond motifs is 1. The highest BCUT2D eigenvalue weighted by Gasteiger charge is 2.16. The van der Waals surface area contributed by atoms with Crippen LogP contribution in [0.4, 0.5) is 0 Å². The van der Waals surface area contributed by atoms with Crippen LogP contribution in [0, 0.1) is 6.92 Å². The highest BCUT2D eigenvalue weighted by Crippen LogP contribution is 2.34. The monoisotopic (exact) mass is 394 g/mol. The summed E-state index contributed by atoms with van der Waals surface area (Å²) in [6.45, 7) is 2.88. The molecule has 0 radical (unpaired) electrons. The minimum absolute atomic E-state index is 0.115. The molecule has 0 bridgehead atoms. The number of nitrogens with zero attached hydrogens (tertiary/aromatic N) is 2. The molecule has 0 atom stereocenters. The van der Waals surface area contributed by atoms with Gasteiger partial charge >= 0.3 is 11.9 Å². The second-order valence-electron chi connectivity index (χ2n) is 7.32. The number of unbranched alkanes of at least 4 members (excludes halogenated alkanes) is 2. The zero-order valence-corrected chi connectivity index (χ0v) is 16.6. The molecule has 6 nitrogen and oxygen atoms in total. The van der Waals surface area contributed by atoms with Gasteiger partial charge in [-0.25, -0.2) is 0 Å². The SMILES string of the molecule is Cc1c(-c2cccnc2)n(CCCCCC(=O)O)c2ccc(CCC(=O)O)cc12. The maximum atomic E-state index is 10.9. The number of rotatable bonds is 10. The summed E-state index contributed by atoms with van der Waals surface area (Å²) < 4.78 is 2.28. The van der Waals surface area contributed by atoms with Crippen LogP contribution in [0.15, 0.2) is 42.7 Å². The van der Waals surface area contributed by atoms with Crippen molar-refractivity contribution in [2.45, 2.75) is 52.0 Å². The van der Waals surface area contributed by atoms with Crippen LogP contribution in [0.1, 0.15) is 43.2 Å². The standard InChI is InChI=1S/C23H26N2O4/c1-16-19-14-17(9-11-22(28)29)8-10-20(19)25(13-4-2-3-7-21(26)27)23(16)18-6-5-12-24-15-18/h5-6,8,10,12,14-15H,2-4,7,9,11,13H2,1H3,(H,26,27)(H,28,29). The zero-order chi connectivity index (χ0) is 20.8. The van der Waals surface area contributed by atoms with Gasteiger partial charge in [-0.3, -0.25) is 14.6 Å². The number of hydrogen-bond donors (Lipinski definition) is 2. The topological polar surface area (TPSA) is 92.4 Å². The lowest BCUT2D eigenvalue weighted by molar-refractivity contribution is -0.138. The Morgan fingerprint density at radius 3 is 2.52 bits per heavy atom. The van der Waals surface area contributed by atoms with Gasteiger partial charge < -0.3 is 14.8 Å². The van der Waals surface area contributed by atoms with Gasteiger partial charge in [0.2, 0.25) is 0 Å². The third-order valence-electron chi connectivity index (χ3n) is 5.22. The van der Waals surface area contributed by atoms with E-state index in [2.05, 4.69) is 28.6 Å². The second-order valence-corrected chi connectivity index (χ2v) is 7.32. The first kappa shape index (κ1) is 20.6. The minimum atomic E-state index is -0.795. The van der Waals surface area contributed by atoms with Crippen molar-refractivity contribution in [1.82, 2.24) is 9.55 Å². The summed E-state index contributed by atoms with van der Waals surface area (Å²) in [5.41, 5.74) is 5.43. The van der Waals surface area contributed by atoms with E-state index in [0.29, 0.717) is 12.8 Å². The fourth-order valence-electron chi connectivity index (χ4n) is 3.81. The quantitative estimate of drug-likeness (QED) is 0.487. The molecule has 0 aliphatic rings. The van der Waals surface area contributed by atoms with Gasteiger partial charge in [0.25, 0.3) is 0 Å². The van der Waals surface area contributed by atoms with E-state index in [4.69, 9.17) is 10.2 Å². The van der Waals surface area contributed by atoms with Crippen molar-refractivity contribution in [3.8, 4) is 11.3 Å². The molecule has 0 saturated carbocycles. The predicted octanol–water partition coefficient (Wildman–Crippen LogP) is 4.67. The molecular weight excluding hydrogens is 368 g/mol. The number of carboxylic acid groups (broad SMARTS) is 2. The first-order valence-electron chi connectivity index (χ1n) is 9.93. The molecule has 0 aliphatic heterocycles. The Kier molecular flexibility index (Phi) is 6.65. The van der Waals surface area contributed by atoms with E-state index in [9.17, 15) is 9.59 Å². The molecule has 3 aromatic rings. The zero-order valence-electron chi connectivity index (χ0n) is 16.6. The molecule has 1 aromatic carbocycles. The summed E-state index contributed by atoms with van der Waals surface area (Å²) >= 11 is 0. The molecule has 0 unspecified atom stereocenters. The van der Waals surface area contributed by atoms with Crippen LogP contribution in [0.3, 0.4) is 0 Å². The molecule has 6 heteroatoms. The van der Waals surface area contributed by atoms with Gasteiger partial charge in [0.05, 0.1) is 5.69 Å². The Labute approximate surface area is 169 Å². The summed E-state index contributed by atoms with van der Waals surface area (Å²) in [7, 11) is 0. The van der Waals surface area contributed by atoms with Gasteiger partial charge in [0, 0.05) is 48.2 Å². The lowest BCUT2D eigenvalue weighted by Gasteiger charge is -2.12. The van der Waals surface area contributed by atoms with E-state index >= 15 is 0 Å². The fourth-order valence-corrected chi connectivity index (χ4v) is 3.81. The molecule has 2 N–H and O–H groups in total. The Bertz CT molecular complexity index is 1010. The van der Waals surface area contributed by atoms with Crippen molar-refractivity contribution in [2.24, 2.45) is 0 Å². The molecule has 29 heavy (non-hydrogen) atoms. The Morgan fingerprint density at radius 1 is 1.03 bits per heavy atom. The van der Waals surface area contributed by atoms with Crippen LogP contribution >= 0.6 is 0 Å². The van der Waals surface area contributed by atoms with Gasteiger partial charge in [-0.05, 0) is 61.6 Å². The summed E-state index contributed by atoms with van der Waals surface area (Å²) in [6, 6.07) is 10.1. The summed E-state index contributed by atoms with van der Waals surface area (Å²) in [4.78, 5) is 25.9. The first-order chi connectivity index (χ1) is 14.0. The van der Waals surface area contributed by atoms with Crippen molar-refractivity contribution in [1.29, 1.82) is 0 Å². The average Bonchev–Trinajstić information content (AvgIpc) is 2.98. The van der Waals surface area contributed by atoms with Crippen molar-refractivity contribution < 1.29 is 19.8 Å². The van der Waals surface area contributed by atoms with Crippen LogP contribution in [-0.4, -0.2) is 31.7 Å². The van der Waals surface area contributed by atoms with E-state index in [1.54, 1.807) is 6.20 Å². The number of pyridine rings is 1. The van der Waals surface area contributed by atoms with E-state index in [1.165, 1.54) is 0 Å². The number of benzene rings is 1.